The Morgan fingerprint density at radius 1 is 0.955 bits per heavy atom. The molecule has 2 aromatic carbocycles. The molecule has 0 fully saturated rings. The first-order valence-electron chi connectivity index (χ1n) is 6.79. The summed E-state index contributed by atoms with van der Waals surface area (Å²) in [6.07, 6.45) is 0. The monoisotopic (exact) mass is 292 g/mol. The first-order valence-corrected chi connectivity index (χ1v) is 6.79. The van der Waals surface area contributed by atoms with Crippen molar-refractivity contribution in [1.82, 2.24) is 0 Å². The molecule has 2 N–H and O–H groups in total. The van der Waals surface area contributed by atoms with Crippen LogP contribution in [-0.4, -0.2) is 10.2 Å². The van der Waals surface area contributed by atoms with E-state index in [9.17, 15) is 20.7 Å². The number of rotatable bonds is 1. The van der Waals surface area contributed by atoms with Gasteiger partial charge >= 0.3 is 0 Å². The molecule has 0 amide bonds. The zero-order chi connectivity index (χ0) is 16.5. The minimum atomic E-state index is -0.503. The fraction of sp³-hybridized carbons (Fsp3) is 0.222. The van der Waals surface area contributed by atoms with Crippen molar-refractivity contribution >= 4 is 0 Å². The van der Waals surface area contributed by atoms with E-state index in [1.165, 1.54) is 6.07 Å². The van der Waals surface area contributed by atoms with E-state index < -0.39 is 11.5 Å². The lowest BCUT2D eigenvalue weighted by molar-refractivity contribution is 0.402. The van der Waals surface area contributed by atoms with Gasteiger partial charge in [-0.3, -0.25) is 0 Å². The van der Waals surface area contributed by atoms with Gasteiger partial charge in [0.15, 0.2) is 11.5 Å². The summed E-state index contributed by atoms with van der Waals surface area (Å²) < 4.78 is 0. The van der Waals surface area contributed by atoms with Crippen molar-refractivity contribution in [3.05, 3.63) is 47.0 Å². The lowest BCUT2D eigenvalue weighted by Crippen LogP contribution is -2.10. The smallest absolute Gasteiger partial charge is 0.176 e. The Morgan fingerprint density at radius 3 is 2.00 bits per heavy atom. The minimum Gasteiger partial charge on any atom is -0.504 e. The Hall–Kier alpha value is -2.98. The number of nitriles is 2. The highest BCUT2D eigenvalue weighted by atomic mass is 16.3. The molecule has 0 aliphatic carbocycles. The van der Waals surface area contributed by atoms with Gasteiger partial charge in [0.2, 0.25) is 0 Å². The Labute approximate surface area is 129 Å². The van der Waals surface area contributed by atoms with Crippen molar-refractivity contribution in [2.45, 2.75) is 26.2 Å². The van der Waals surface area contributed by atoms with E-state index in [1.807, 2.05) is 36.4 Å². The van der Waals surface area contributed by atoms with Crippen molar-refractivity contribution < 1.29 is 10.2 Å². The summed E-state index contributed by atoms with van der Waals surface area (Å²) in [4.78, 5) is 0. The van der Waals surface area contributed by atoms with Crippen molar-refractivity contribution in [2.24, 2.45) is 0 Å². The summed E-state index contributed by atoms with van der Waals surface area (Å²) in [6.45, 7) is 6.28. The van der Waals surface area contributed by atoms with Gasteiger partial charge < -0.3 is 10.2 Å². The highest BCUT2D eigenvalue weighted by Crippen LogP contribution is 2.39. The maximum atomic E-state index is 9.86. The van der Waals surface area contributed by atoms with Crippen LogP contribution >= 0.6 is 0 Å². The third-order valence-corrected chi connectivity index (χ3v) is 3.55. The number of hydrogen-bond acceptors (Lipinski definition) is 4. The molecule has 0 saturated heterocycles. The van der Waals surface area contributed by atoms with Gasteiger partial charge in [-0.15, -0.1) is 0 Å². The predicted octanol–water partition coefficient (Wildman–Crippen LogP) is 3.81. The molecule has 4 heteroatoms. The Bertz CT molecular complexity index is 801. The average molecular weight is 292 g/mol. The number of aromatic hydroxyl groups is 2. The molecule has 0 bridgehead atoms. The van der Waals surface area contributed by atoms with Gasteiger partial charge in [-0.1, -0.05) is 45.0 Å². The summed E-state index contributed by atoms with van der Waals surface area (Å²) in [5, 5.41) is 38.0. The van der Waals surface area contributed by atoms with Crippen LogP contribution in [0.5, 0.6) is 11.5 Å². The molecule has 0 radical (unpaired) electrons. The Morgan fingerprint density at radius 2 is 1.55 bits per heavy atom. The first kappa shape index (κ1) is 15.4. The Balaban J connectivity index is 2.70. The molecule has 0 aromatic heterocycles. The van der Waals surface area contributed by atoms with Gasteiger partial charge in [-0.2, -0.15) is 10.5 Å². The first-order chi connectivity index (χ1) is 10.3. The second-order valence-corrected chi connectivity index (χ2v) is 6.09. The van der Waals surface area contributed by atoms with Crippen LogP contribution in [0, 0.1) is 22.7 Å². The standard InChI is InChI=1S/C18H16N2O2/c1-18(2,3)13-6-4-11(5-7-13)16-12(9-19)8-15(21)17(22)14(16)10-20/h4-8,21-22H,1-3H3. The van der Waals surface area contributed by atoms with E-state index >= 15 is 0 Å². The second kappa shape index (κ2) is 5.42. The zero-order valence-electron chi connectivity index (χ0n) is 12.7. The van der Waals surface area contributed by atoms with E-state index in [0.717, 1.165) is 5.56 Å². The maximum Gasteiger partial charge on any atom is 0.176 e. The molecule has 22 heavy (non-hydrogen) atoms. The molecular weight excluding hydrogens is 276 g/mol. The molecule has 0 unspecified atom stereocenters. The van der Waals surface area contributed by atoms with Gasteiger partial charge in [-0.25, -0.2) is 0 Å². The SMILES string of the molecule is CC(C)(C)c1ccc(-c2c(C#N)cc(O)c(O)c2C#N)cc1. The van der Waals surface area contributed by atoms with E-state index in [2.05, 4.69) is 20.8 Å². The maximum absolute atomic E-state index is 9.86. The van der Waals surface area contributed by atoms with Crippen LogP contribution in [0.15, 0.2) is 30.3 Å². The summed E-state index contributed by atoms with van der Waals surface area (Å²) in [5.74, 6) is -0.973. The summed E-state index contributed by atoms with van der Waals surface area (Å²) >= 11 is 0. The summed E-state index contributed by atoms with van der Waals surface area (Å²) in [5.41, 5.74) is 2.15. The molecule has 0 atom stereocenters. The average Bonchev–Trinajstić information content (AvgIpc) is 2.48. The van der Waals surface area contributed by atoms with E-state index in [-0.39, 0.29) is 16.5 Å². The second-order valence-electron chi connectivity index (χ2n) is 6.09. The topological polar surface area (TPSA) is 88.0 Å². The predicted molar refractivity (Wildman–Crippen MR) is 83.3 cm³/mol. The molecule has 2 rings (SSSR count). The van der Waals surface area contributed by atoms with Gasteiger partial charge in [-0.05, 0) is 16.5 Å². The lowest BCUT2D eigenvalue weighted by atomic mass is 9.85. The molecular formula is C18H16N2O2. The van der Waals surface area contributed by atoms with E-state index in [4.69, 9.17) is 0 Å². The van der Waals surface area contributed by atoms with Crippen LogP contribution in [-0.2, 0) is 5.41 Å². The molecule has 0 saturated carbocycles. The van der Waals surface area contributed by atoms with Crippen LogP contribution in [0.3, 0.4) is 0 Å². The molecule has 0 spiro atoms. The normalized spacial score (nSPS) is 10.8. The van der Waals surface area contributed by atoms with E-state index in [0.29, 0.717) is 11.1 Å². The van der Waals surface area contributed by atoms with E-state index in [1.54, 1.807) is 0 Å². The van der Waals surface area contributed by atoms with Crippen LogP contribution in [0.25, 0.3) is 11.1 Å². The number of phenolic OH excluding ortho intramolecular Hbond substituents is 2. The molecule has 0 aliphatic rings. The number of phenols is 2. The third-order valence-electron chi connectivity index (χ3n) is 3.55. The van der Waals surface area contributed by atoms with Crippen molar-refractivity contribution in [2.75, 3.05) is 0 Å². The van der Waals surface area contributed by atoms with Gasteiger partial charge in [0.25, 0.3) is 0 Å². The van der Waals surface area contributed by atoms with Crippen molar-refractivity contribution in [3.63, 3.8) is 0 Å². The highest BCUT2D eigenvalue weighted by molar-refractivity contribution is 5.81. The quantitative estimate of drug-likeness (QED) is 0.782. The van der Waals surface area contributed by atoms with Crippen LogP contribution < -0.4 is 0 Å². The van der Waals surface area contributed by atoms with Gasteiger partial charge in [0.1, 0.15) is 11.6 Å². The number of benzene rings is 2. The number of hydrogen-bond donors (Lipinski definition) is 2. The lowest BCUT2D eigenvalue weighted by Gasteiger charge is -2.19. The van der Waals surface area contributed by atoms with Gasteiger partial charge in [0.05, 0.1) is 11.6 Å². The highest BCUT2D eigenvalue weighted by Gasteiger charge is 2.20. The Kier molecular flexibility index (Phi) is 3.80. The van der Waals surface area contributed by atoms with Crippen molar-refractivity contribution in [1.29, 1.82) is 10.5 Å². The van der Waals surface area contributed by atoms with Crippen molar-refractivity contribution in [3.8, 4) is 34.8 Å². The molecule has 110 valence electrons. The number of nitrogens with zero attached hydrogens (tertiary/aromatic N) is 2. The minimum absolute atomic E-state index is 0.00819. The fourth-order valence-electron chi connectivity index (χ4n) is 2.29. The zero-order valence-corrected chi connectivity index (χ0v) is 12.7. The summed E-state index contributed by atoms with van der Waals surface area (Å²) in [7, 11) is 0. The largest absolute Gasteiger partial charge is 0.504 e. The summed E-state index contributed by atoms with van der Waals surface area (Å²) in [6, 6.07) is 12.5. The fourth-order valence-corrected chi connectivity index (χ4v) is 2.29. The van der Waals surface area contributed by atoms with Gasteiger partial charge in [0, 0.05) is 11.6 Å². The van der Waals surface area contributed by atoms with Crippen LogP contribution in [0.2, 0.25) is 0 Å². The van der Waals surface area contributed by atoms with Crippen LogP contribution in [0.1, 0.15) is 37.5 Å². The third kappa shape index (κ3) is 2.60. The molecule has 0 heterocycles. The molecule has 0 aliphatic heterocycles. The molecule has 2 aromatic rings. The molecule has 4 nitrogen and oxygen atoms in total. The van der Waals surface area contributed by atoms with Crippen LogP contribution in [0.4, 0.5) is 0 Å².